The summed E-state index contributed by atoms with van der Waals surface area (Å²) in [4.78, 5) is 15.1. The van der Waals surface area contributed by atoms with Crippen molar-refractivity contribution in [2.75, 3.05) is 19.6 Å². The topological polar surface area (TPSA) is 55.6 Å². The van der Waals surface area contributed by atoms with Gasteiger partial charge in [0.1, 0.15) is 14.0 Å². The Kier molecular flexibility index (Phi) is 4.49. The lowest BCUT2D eigenvalue weighted by molar-refractivity contribution is -0.103. The fourth-order valence-corrected chi connectivity index (χ4v) is 8.48. The number of carbonyl (C=O) groups excluding carboxylic acids is 1. The first-order valence-corrected chi connectivity index (χ1v) is 12.3. The van der Waals surface area contributed by atoms with Gasteiger partial charge in [-0.1, -0.05) is 23.7 Å². The van der Waals surface area contributed by atoms with E-state index < -0.39 is 0 Å². The number of piperidine rings is 1. The summed E-state index contributed by atoms with van der Waals surface area (Å²) in [5.74, 6) is 3.57. The largest absolute Gasteiger partial charge is 0.446 e. The van der Waals surface area contributed by atoms with Gasteiger partial charge in [0.05, 0.1) is 0 Å². The maximum Gasteiger partial charge on any atom is 0.410 e. The van der Waals surface area contributed by atoms with Crippen molar-refractivity contribution in [3.05, 3.63) is 29.3 Å². The van der Waals surface area contributed by atoms with Crippen molar-refractivity contribution >= 4 is 19.4 Å². The standard InChI is InChI=1S/C25H35BN2O2/c26-21-3-1-2-20-19(14-27)13-25(22(20)21)4-6-28(7-5-25)24(29)30-23-17-9-15-8-16(11-17)12-18(23)10-15/h1-3,15-19,23H,4-14,26-27H2. The van der Waals surface area contributed by atoms with Crippen molar-refractivity contribution in [2.24, 2.45) is 29.4 Å². The highest BCUT2D eigenvalue weighted by Crippen LogP contribution is 2.55. The summed E-state index contributed by atoms with van der Waals surface area (Å²) in [6.45, 7) is 2.35. The Balaban J connectivity index is 1.14. The molecule has 1 amide bonds. The van der Waals surface area contributed by atoms with Gasteiger partial charge in [0, 0.05) is 13.1 Å². The number of hydrogen-bond donors (Lipinski definition) is 1. The van der Waals surface area contributed by atoms with Crippen molar-refractivity contribution in [3.8, 4) is 0 Å². The average molecular weight is 406 g/mol. The van der Waals surface area contributed by atoms with Crippen LogP contribution in [0.5, 0.6) is 0 Å². The molecule has 1 aromatic carbocycles. The smallest absolute Gasteiger partial charge is 0.410 e. The highest BCUT2D eigenvalue weighted by Gasteiger charge is 2.51. The second-order valence-corrected chi connectivity index (χ2v) is 11.2. The van der Waals surface area contributed by atoms with Gasteiger partial charge in [-0.15, -0.1) is 0 Å². The Bertz CT molecular complexity index is 820. The SMILES string of the molecule is Bc1cccc2c1C1(CCN(C(=O)OC3C4CC5CC(C4)CC3C5)CC1)CC2CN. The summed E-state index contributed by atoms with van der Waals surface area (Å²) in [7, 11) is 2.24. The maximum absolute atomic E-state index is 13.1. The highest BCUT2D eigenvalue weighted by atomic mass is 16.6. The minimum atomic E-state index is -0.0410. The van der Waals surface area contributed by atoms with Gasteiger partial charge in [0.15, 0.2) is 0 Å². The molecule has 0 aromatic heterocycles. The summed E-state index contributed by atoms with van der Waals surface area (Å²) in [6, 6.07) is 6.70. The Labute approximate surface area is 181 Å². The first kappa shape index (κ1) is 19.2. The molecule has 0 radical (unpaired) electrons. The number of fused-ring (bicyclic) bond motifs is 2. The zero-order valence-corrected chi connectivity index (χ0v) is 18.3. The summed E-state index contributed by atoms with van der Waals surface area (Å²) in [5.41, 5.74) is 10.7. The molecule has 1 aliphatic heterocycles. The lowest BCUT2D eigenvalue weighted by Crippen LogP contribution is -2.52. The van der Waals surface area contributed by atoms with Crippen molar-refractivity contribution in [3.63, 3.8) is 0 Å². The normalized spacial score (nSPS) is 38.1. The van der Waals surface area contributed by atoms with Gasteiger partial charge in [-0.2, -0.15) is 0 Å². The number of nitrogens with two attached hydrogens (primary N) is 1. The van der Waals surface area contributed by atoms with Gasteiger partial charge >= 0.3 is 6.09 Å². The zero-order valence-electron chi connectivity index (χ0n) is 18.3. The van der Waals surface area contributed by atoms with E-state index in [1.54, 1.807) is 0 Å². The van der Waals surface area contributed by atoms with E-state index in [1.165, 1.54) is 48.7 Å². The summed E-state index contributed by atoms with van der Waals surface area (Å²) in [6.07, 6.45) is 9.99. The number of benzene rings is 1. The summed E-state index contributed by atoms with van der Waals surface area (Å²) in [5, 5.41) is 0. The number of nitrogens with zero attached hydrogens (tertiary/aromatic N) is 1. The quantitative estimate of drug-likeness (QED) is 0.769. The van der Waals surface area contributed by atoms with Crippen LogP contribution in [-0.2, 0) is 10.2 Å². The number of ether oxygens (including phenoxy) is 1. The second-order valence-electron chi connectivity index (χ2n) is 11.2. The maximum atomic E-state index is 13.1. The van der Waals surface area contributed by atoms with Crippen LogP contribution in [-0.4, -0.2) is 44.6 Å². The Morgan fingerprint density at radius 3 is 2.40 bits per heavy atom. The summed E-state index contributed by atoms with van der Waals surface area (Å²) < 4.78 is 6.22. The third-order valence-corrected chi connectivity index (χ3v) is 9.55. The summed E-state index contributed by atoms with van der Waals surface area (Å²) >= 11 is 0. The Morgan fingerprint density at radius 2 is 1.77 bits per heavy atom. The number of amides is 1. The predicted octanol–water partition coefficient (Wildman–Crippen LogP) is 2.69. The van der Waals surface area contributed by atoms with E-state index in [0.29, 0.717) is 17.8 Å². The van der Waals surface area contributed by atoms with Crippen LogP contribution >= 0.6 is 0 Å². The molecular weight excluding hydrogens is 371 g/mol. The van der Waals surface area contributed by atoms with Crippen molar-refractivity contribution in [1.82, 2.24) is 4.90 Å². The van der Waals surface area contributed by atoms with E-state index in [9.17, 15) is 4.79 Å². The molecule has 1 spiro atoms. The first-order chi connectivity index (χ1) is 14.6. The fourth-order valence-electron chi connectivity index (χ4n) is 8.48. The molecule has 6 aliphatic rings. The molecule has 1 atom stereocenters. The van der Waals surface area contributed by atoms with Gasteiger partial charge in [0.2, 0.25) is 0 Å². The monoisotopic (exact) mass is 406 g/mol. The molecule has 1 unspecified atom stereocenters. The van der Waals surface area contributed by atoms with Crippen LogP contribution in [0.4, 0.5) is 4.79 Å². The number of carbonyl (C=O) groups is 1. The Morgan fingerprint density at radius 1 is 1.10 bits per heavy atom. The van der Waals surface area contributed by atoms with Crippen LogP contribution in [0.25, 0.3) is 0 Å². The molecule has 160 valence electrons. The highest BCUT2D eigenvalue weighted by molar-refractivity contribution is 6.33. The third kappa shape index (κ3) is 2.87. The number of likely N-dealkylation sites (tertiary alicyclic amines) is 1. The lowest BCUT2D eigenvalue weighted by atomic mass is 9.55. The first-order valence-electron chi connectivity index (χ1n) is 12.3. The van der Waals surface area contributed by atoms with Crippen molar-refractivity contribution in [2.45, 2.75) is 68.8 Å². The molecule has 7 rings (SSSR count). The third-order valence-electron chi connectivity index (χ3n) is 9.55. The van der Waals surface area contributed by atoms with E-state index in [2.05, 4.69) is 26.0 Å². The molecule has 4 nitrogen and oxygen atoms in total. The van der Waals surface area contributed by atoms with E-state index in [0.717, 1.165) is 50.7 Å². The average Bonchev–Trinajstić information content (AvgIpc) is 3.05. The van der Waals surface area contributed by atoms with Crippen LogP contribution in [0, 0.1) is 23.7 Å². The van der Waals surface area contributed by atoms with Crippen LogP contribution in [0.3, 0.4) is 0 Å². The van der Waals surface area contributed by atoms with Crippen LogP contribution in [0.1, 0.15) is 68.4 Å². The molecular formula is C25H35BN2O2. The van der Waals surface area contributed by atoms with Crippen LogP contribution in [0.15, 0.2) is 18.2 Å². The second kappa shape index (κ2) is 7.01. The molecule has 5 fully saturated rings. The van der Waals surface area contributed by atoms with Gasteiger partial charge in [-0.25, -0.2) is 4.79 Å². The minimum absolute atomic E-state index is 0.0410. The van der Waals surface area contributed by atoms with Crippen molar-refractivity contribution in [1.29, 1.82) is 0 Å². The van der Waals surface area contributed by atoms with Crippen LogP contribution in [0.2, 0.25) is 0 Å². The predicted molar refractivity (Wildman–Crippen MR) is 121 cm³/mol. The van der Waals surface area contributed by atoms with E-state index >= 15 is 0 Å². The van der Waals surface area contributed by atoms with Crippen LogP contribution < -0.4 is 11.2 Å². The van der Waals surface area contributed by atoms with Gasteiger partial charge in [0.25, 0.3) is 0 Å². The molecule has 4 bridgehead atoms. The molecule has 2 N–H and O–H groups in total. The molecule has 5 aliphatic carbocycles. The molecule has 1 saturated heterocycles. The van der Waals surface area contributed by atoms with E-state index in [1.807, 2.05) is 4.90 Å². The van der Waals surface area contributed by atoms with Crippen molar-refractivity contribution < 1.29 is 9.53 Å². The molecule has 30 heavy (non-hydrogen) atoms. The van der Waals surface area contributed by atoms with Gasteiger partial charge in [-0.3, -0.25) is 0 Å². The number of rotatable bonds is 2. The fraction of sp³-hybridized carbons (Fsp3) is 0.720. The number of hydrogen-bond acceptors (Lipinski definition) is 3. The molecule has 1 aromatic rings. The zero-order chi connectivity index (χ0) is 20.5. The Hall–Kier alpha value is -1.49. The molecule has 4 saturated carbocycles. The molecule has 1 heterocycles. The van der Waals surface area contributed by atoms with E-state index in [-0.39, 0.29) is 17.6 Å². The van der Waals surface area contributed by atoms with Gasteiger partial charge in [-0.05, 0) is 104 Å². The molecule has 5 heteroatoms. The minimum Gasteiger partial charge on any atom is -0.446 e. The van der Waals surface area contributed by atoms with Gasteiger partial charge < -0.3 is 15.4 Å². The van der Waals surface area contributed by atoms with E-state index in [4.69, 9.17) is 10.5 Å². The lowest BCUT2D eigenvalue weighted by Gasteiger charge is -2.53.